The Morgan fingerprint density at radius 2 is 2.05 bits per heavy atom. The van der Waals surface area contributed by atoms with Gasteiger partial charge in [-0.15, -0.1) is 0 Å². The maximum absolute atomic E-state index is 6.32. The number of nitrogens with zero attached hydrogens (tertiary/aromatic N) is 1. The van der Waals surface area contributed by atoms with Crippen LogP contribution in [0.25, 0.3) is 0 Å². The quantitative estimate of drug-likeness (QED) is 0.910. The lowest BCUT2D eigenvalue weighted by molar-refractivity contribution is 0.121. The molecule has 3 atom stereocenters. The zero-order valence-corrected chi connectivity index (χ0v) is 13.1. The highest BCUT2D eigenvalue weighted by molar-refractivity contribution is 6.42. The van der Waals surface area contributed by atoms with Gasteiger partial charge in [-0.3, -0.25) is 4.90 Å². The van der Waals surface area contributed by atoms with E-state index in [2.05, 4.69) is 24.8 Å². The molecule has 0 aliphatic carbocycles. The van der Waals surface area contributed by atoms with Gasteiger partial charge in [-0.25, -0.2) is 0 Å². The van der Waals surface area contributed by atoms with Gasteiger partial charge in [0.05, 0.1) is 10.0 Å². The molecular weight excluding hydrogens is 279 g/mol. The molecule has 0 saturated carbocycles. The molecule has 1 aromatic rings. The molecule has 0 radical (unpaired) electrons. The zero-order chi connectivity index (χ0) is 14.0. The Balaban J connectivity index is 2.14. The molecule has 0 spiro atoms. The van der Waals surface area contributed by atoms with Crippen LogP contribution in [0.1, 0.15) is 38.3 Å². The van der Waals surface area contributed by atoms with Gasteiger partial charge in [-0.2, -0.15) is 0 Å². The Hall–Kier alpha value is -0.280. The van der Waals surface area contributed by atoms with E-state index in [4.69, 9.17) is 28.9 Å². The smallest absolute Gasteiger partial charge is 0.0640 e. The number of piperidine rings is 1. The number of halogens is 2. The third-order valence-electron chi connectivity index (χ3n) is 4.21. The maximum Gasteiger partial charge on any atom is 0.0640 e. The summed E-state index contributed by atoms with van der Waals surface area (Å²) in [6, 6.07) is 6.40. The molecule has 4 heteroatoms. The Morgan fingerprint density at radius 3 is 2.74 bits per heavy atom. The largest absolute Gasteiger partial charge is 0.328 e. The third-order valence-corrected chi connectivity index (χ3v) is 5.05. The summed E-state index contributed by atoms with van der Waals surface area (Å²) in [6.07, 6.45) is 2.43. The minimum absolute atomic E-state index is 0.254. The van der Waals surface area contributed by atoms with Gasteiger partial charge in [0.1, 0.15) is 0 Å². The molecule has 0 aromatic heterocycles. The summed E-state index contributed by atoms with van der Waals surface area (Å²) in [5.74, 6) is 0.578. The zero-order valence-electron chi connectivity index (χ0n) is 11.6. The predicted octanol–water partition coefficient (Wildman–Crippen LogP) is 4.11. The highest BCUT2D eigenvalue weighted by Gasteiger charge is 2.27. The highest BCUT2D eigenvalue weighted by Crippen LogP contribution is 2.34. The summed E-state index contributed by atoms with van der Waals surface area (Å²) in [5.41, 5.74) is 7.16. The molecule has 0 amide bonds. The Kier molecular flexibility index (Phi) is 5.13. The molecule has 0 bridgehead atoms. The van der Waals surface area contributed by atoms with Crippen molar-refractivity contribution in [1.29, 1.82) is 0 Å². The van der Waals surface area contributed by atoms with E-state index >= 15 is 0 Å². The third kappa shape index (κ3) is 3.43. The van der Waals surface area contributed by atoms with Crippen molar-refractivity contribution < 1.29 is 0 Å². The lowest BCUT2D eigenvalue weighted by atomic mass is 9.90. The molecule has 2 nitrogen and oxygen atoms in total. The molecule has 2 rings (SSSR count). The molecule has 1 heterocycles. The van der Waals surface area contributed by atoms with Crippen LogP contribution < -0.4 is 5.73 Å². The standard InChI is InChI=1S/C15H22Cl2N2/c1-10(18)12-5-4-8-19(9-12)11(2)13-6-3-7-14(16)15(13)17/h3,6-7,10-12H,4-5,8-9,18H2,1-2H3. The van der Waals surface area contributed by atoms with Gasteiger partial charge in [-0.1, -0.05) is 35.3 Å². The first-order chi connectivity index (χ1) is 9.00. The van der Waals surface area contributed by atoms with Crippen LogP contribution in [-0.2, 0) is 0 Å². The van der Waals surface area contributed by atoms with E-state index in [9.17, 15) is 0 Å². The number of nitrogens with two attached hydrogens (primary N) is 1. The lowest BCUT2D eigenvalue weighted by Gasteiger charge is -2.38. The number of hydrogen-bond acceptors (Lipinski definition) is 2. The van der Waals surface area contributed by atoms with Crippen molar-refractivity contribution in [2.24, 2.45) is 11.7 Å². The number of hydrogen-bond donors (Lipinski definition) is 1. The van der Waals surface area contributed by atoms with Crippen molar-refractivity contribution in [1.82, 2.24) is 4.90 Å². The minimum atomic E-state index is 0.254. The predicted molar refractivity (Wildman–Crippen MR) is 82.8 cm³/mol. The van der Waals surface area contributed by atoms with Crippen molar-refractivity contribution in [3.8, 4) is 0 Å². The van der Waals surface area contributed by atoms with Crippen molar-refractivity contribution in [2.45, 2.75) is 38.8 Å². The fraction of sp³-hybridized carbons (Fsp3) is 0.600. The second-order valence-electron chi connectivity index (χ2n) is 5.58. The summed E-state index contributed by atoms with van der Waals surface area (Å²) >= 11 is 12.4. The van der Waals surface area contributed by atoms with Gasteiger partial charge in [-0.05, 0) is 50.8 Å². The Morgan fingerprint density at radius 1 is 1.32 bits per heavy atom. The van der Waals surface area contributed by atoms with Gasteiger partial charge < -0.3 is 5.73 Å². The van der Waals surface area contributed by atoms with Crippen LogP contribution in [0.15, 0.2) is 18.2 Å². The fourth-order valence-electron chi connectivity index (χ4n) is 2.86. The fourth-order valence-corrected chi connectivity index (χ4v) is 3.33. The van der Waals surface area contributed by atoms with E-state index in [0.717, 1.165) is 18.7 Å². The van der Waals surface area contributed by atoms with E-state index < -0.39 is 0 Å². The number of benzene rings is 1. The van der Waals surface area contributed by atoms with E-state index in [-0.39, 0.29) is 12.1 Å². The van der Waals surface area contributed by atoms with Gasteiger partial charge in [0, 0.05) is 18.6 Å². The summed E-state index contributed by atoms with van der Waals surface area (Å²) < 4.78 is 0. The number of rotatable bonds is 3. The summed E-state index contributed by atoms with van der Waals surface area (Å²) in [4.78, 5) is 2.47. The Bertz CT molecular complexity index is 434. The SMILES string of the molecule is CC(N)C1CCCN(C(C)c2cccc(Cl)c2Cl)C1. The number of likely N-dealkylation sites (tertiary alicyclic amines) is 1. The van der Waals surface area contributed by atoms with Crippen LogP contribution in [0, 0.1) is 5.92 Å². The van der Waals surface area contributed by atoms with Crippen molar-refractivity contribution in [3.63, 3.8) is 0 Å². The molecule has 2 N–H and O–H groups in total. The maximum atomic E-state index is 6.32. The van der Waals surface area contributed by atoms with Crippen LogP contribution >= 0.6 is 23.2 Å². The first-order valence-electron chi connectivity index (χ1n) is 6.94. The van der Waals surface area contributed by atoms with Crippen molar-refractivity contribution >= 4 is 23.2 Å². The van der Waals surface area contributed by atoms with Crippen LogP contribution in [-0.4, -0.2) is 24.0 Å². The summed E-state index contributed by atoms with van der Waals surface area (Å²) in [7, 11) is 0. The first kappa shape index (κ1) is 15.1. The Labute approximate surface area is 125 Å². The van der Waals surface area contributed by atoms with Crippen molar-refractivity contribution in [3.05, 3.63) is 33.8 Å². The molecule has 1 aliphatic heterocycles. The lowest BCUT2D eigenvalue weighted by Crippen LogP contribution is -2.43. The molecular formula is C15H22Cl2N2. The summed E-state index contributed by atoms with van der Waals surface area (Å²) in [6.45, 7) is 6.45. The van der Waals surface area contributed by atoms with Gasteiger partial charge in [0.25, 0.3) is 0 Å². The second kappa shape index (κ2) is 6.45. The first-order valence-corrected chi connectivity index (χ1v) is 7.70. The monoisotopic (exact) mass is 300 g/mol. The molecule has 19 heavy (non-hydrogen) atoms. The van der Waals surface area contributed by atoms with Crippen molar-refractivity contribution in [2.75, 3.05) is 13.1 Å². The molecule has 3 unspecified atom stereocenters. The van der Waals surface area contributed by atoms with E-state index in [1.165, 1.54) is 12.8 Å². The van der Waals surface area contributed by atoms with Gasteiger partial charge >= 0.3 is 0 Å². The van der Waals surface area contributed by atoms with Crippen LogP contribution in [0.4, 0.5) is 0 Å². The molecule has 1 aromatic carbocycles. The van der Waals surface area contributed by atoms with E-state index in [1.54, 1.807) is 0 Å². The summed E-state index contributed by atoms with van der Waals surface area (Å²) in [5, 5.41) is 1.31. The average Bonchev–Trinajstić information content (AvgIpc) is 2.41. The van der Waals surface area contributed by atoms with Gasteiger partial charge in [0.2, 0.25) is 0 Å². The topological polar surface area (TPSA) is 29.3 Å². The van der Waals surface area contributed by atoms with Crippen LogP contribution in [0.3, 0.4) is 0 Å². The van der Waals surface area contributed by atoms with E-state index in [1.807, 2.05) is 12.1 Å². The van der Waals surface area contributed by atoms with Crippen LogP contribution in [0.5, 0.6) is 0 Å². The average molecular weight is 301 g/mol. The van der Waals surface area contributed by atoms with Crippen LogP contribution in [0.2, 0.25) is 10.0 Å². The molecule has 106 valence electrons. The van der Waals surface area contributed by atoms with E-state index in [0.29, 0.717) is 16.0 Å². The molecule has 1 fully saturated rings. The molecule has 1 aliphatic rings. The minimum Gasteiger partial charge on any atom is -0.328 e. The molecule has 1 saturated heterocycles. The normalized spacial score (nSPS) is 24.2. The second-order valence-corrected chi connectivity index (χ2v) is 6.36. The highest BCUT2D eigenvalue weighted by atomic mass is 35.5. The van der Waals surface area contributed by atoms with Gasteiger partial charge in [0.15, 0.2) is 0 Å².